The van der Waals surface area contributed by atoms with Crippen molar-refractivity contribution < 1.29 is 0 Å². The summed E-state index contributed by atoms with van der Waals surface area (Å²) < 4.78 is 10.0. The average Bonchev–Trinajstić information content (AvgIpc) is 4.05. The second-order valence-corrected chi connectivity index (χ2v) is 16.4. The van der Waals surface area contributed by atoms with Gasteiger partial charge in [0, 0.05) is 65.2 Å². The third kappa shape index (κ3) is 3.61. The lowest BCUT2D eigenvalue weighted by atomic mass is 10.0. The molecule has 0 spiro atoms. The molecule has 0 saturated heterocycles. The molecule has 0 unspecified atom stereocenters. The van der Waals surface area contributed by atoms with Gasteiger partial charge in [-0.2, -0.15) is 0 Å². The number of benzene rings is 10. The van der Waals surface area contributed by atoms with Crippen LogP contribution in [0.15, 0.2) is 194 Å². The second kappa shape index (κ2) is 10.9. The van der Waals surface area contributed by atoms with Crippen LogP contribution in [0.4, 0.5) is 0 Å². The minimum absolute atomic E-state index is 1.17. The Labute approximate surface area is 341 Å². The van der Waals surface area contributed by atoms with Gasteiger partial charge in [-0.25, -0.2) is 0 Å². The Kier molecular flexibility index (Phi) is 5.63. The highest BCUT2D eigenvalue weighted by Crippen LogP contribution is 2.47. The van der Waals surface area contributed by atoms with Crippen LogP contribution in [-0.4, -0.2) is 17.9 Å². The van der Waals surface area contributed by atoms with Crippen LogP contribution in [0.1, 0.15) is 0 Å². The number of aromatic nitrogens is 4. The molecule has 60 heavy (non-hydrogen) atoms. The van der Waals surface area contributed by atoms with E-state index in [1.54, 1.807) is 0 Å². The number of hydrogen-bond donors (Lipinski definition) is 0. The van der Waals surface area contributed by atoms with Crippen molar-refractivity contribution in [2.45, 2.75) is 0 Å². The van der Waals surface area contributed by atoms with E-state index in [1.807, 2.05) is 0 Å². The van der Waals surface area contributed by atoms with Gasteiger partial charge >= 0.3 is 0 Å². The topological polar surface area (TPSA) is 18.7 Å². The van der Waals surface area contributed by atoms with Gasteiger partial charge in [-0.05, 0) is 71.4 Å². The van der Waals surface area contributed by atoms with Gasteiger partial charge in [-0.3, -0.25) is 0 Å². The summed E-state index contributed by atoms with van der Waals surface area (Å²) in [5.41, 5.74) is 14.7. The van der Waals surface area contributed by atoms with Crippen molar-refractivity contribution in [3.05, 3.63) is 194 Å². The molecule has 0 fully saturated rings. The molecule has 5 aromatic heterocycles. The van der Waals surface area contributed by atoms with Crippen LogP contribution >= 0.6 is 0 Å². The summed E-state index contributed by atoms with van der Waals surface area (Å²) in [7, 11) is 0. The molecule has 4 heteroatoms. The van der Waals surface area contributed by atoms with Crippen LogP contribution in [0.3, 0.4) is 0 Å². The van der Waals surface area contributed by atoms with E-state index in [4.69, 9.17) is 0 Å². The molecule has 276 valence electrons. The maximum Gasteiger partial charge on any atom is 0.0783 e. The zero-order valence-electron chi connectivity index (χ0n) is 32.3. The van der Waals surface area contributed by atoms with Crippen LogP contribution in [0.25, 0.3) is 131 Å². The summed E-state index contributed by atoms with van der Waals surface area (Å²) in [6.07, 6.45) is 0. The van der Waals surface area contributed by atoms with E-state index in [0.717, 1.165) is 0 Å². The first-order chi connectivity index (χ1) is 29.8. The number of rotatable bonds is 2. The van der Waals surface area contributed by atoms with Crippen molar-refractivity contribution in [2.24, 2.45) is 0 Å². The fourth-order valence-corrected chi connectivity index (χ4v) is 11.4. The second-order valence-electron chi connectivity index (χ2n) is 16.4. The van der Waals surface area contributed by atoms with Crippen molar-refractivity contribution >= 4 is 120 Å². The predicted octanol–water partition coefficient (Wildman–Crippen LogP) is 14.7. The van der Waals surface area contributed by atoms with E-state index < -0.39 is 0 Å². The van der Waals surface area contributed by atoms with Crippen LogP contribution in [0.2, 0.25) is 0 Å². The van der Waals surface area contributed by atoms with Gasteiger partial charge in [-0.15, -0.1) is 0 Å². The smallest absolute Gasteiger partial charge is 0.0783 e. The molecule has 5 heterocycles. The zero-order valence-corrected chi connectivity index (χ0v) is 32.3. The number of nitrogens with zero attached hydrogens (tertiary/aromatic N) is 4. The van der Waals surface area contributed by atoms with Gasteiger partial charge in [0.2, 0.25) is 0 Å². The van der Waals surface area contributed by atoms with Crippen LogP contribution in [0, 0.1) is 0 Å². The Morgan fingerprint density at radius 2 is 0.550 bits per heavy atom. The molecule has 0 aliphatic rings. The summed E-state index contributed by atoms with van der Waals surface area (Å²) in [6.45, 7) is 0. The molecule has 15 rings (SSSR count). The van der Waals surface area contributed by atoms with E-state index in [9.17, 15) is 0 Å². The van der Waals surface area contributed by atoms with Crippen molar-refractivity contribution in [2.75, 3.05) is 0 Å². The summed E-state index contributed by atoms with van der Waals surface area (Å²) in [6, 6.07) is 72.0. The molecule has 4 nitrogen and oxygen atoms in total. The van der Waals surface area contributed by atoms with E-state index in [2.05, 4.69) is 212 Å². The predicted molar refractivity (Wildman–Crippen MR) is 253 cm³/mol. The minimum Gasteiger partial charge on any atom is -0.309 e. The lowest BCUT2D eigenvalue weighted by Gasteiger charge is -2.11. The number of para-hydroxylation sites is 6. The summed E-state index contributed by atoms with van der Waals surface area (Å²) >= 11 is 0. The highest BCUT2D eigenvalue weighted by atomic mass is 15.0. The number of hydrogen-bond acceptors (Lipinski definition) is 0. The minimum atomic E-state index is 1.17. The molecule has 0 aliphatic carbocycles. The van der Waals surface area contributed by atoms with E-state index in [-0.39, 0.29) is 0 Å². The van der Waals surface area contributed by atoms with E-state index in [1.165, 1.54) is 131 Å². The first-order valence-electron chi connectivity index (χ1n) is 20.8. The SMILES string of the molecule is c1ccc(-n2c3ccccc3c3ccc4c(ccc5c4c4cccc6c4n5c4cccc5c7c8ccc9c%10ccccc%10n(-c%10ccccc%10)c9c8ccc7n6c54)c32)cc1. The quantitative estimate of drug-likeness (QED) is 0.156. The molecule has 15 aromatic rings. The van der Waals surface area contributed by atoms with Gasteiger partial charge in [0.1, 0.15) is 0 Å². The highest BCUT2D eigenvalue weighted by molar-refractivity contribution is 6.33. The Morgan fingerprint density at radius 1 is 0.200 bits per heavy atom. The lowest BCUT2D eigenvalue weighted by molar-refractivity contribution is 1.19. The van der Waals surface area contributed by atoms with Crippen molar-refractivity contribution in [3.63, 3.8) is 0 Å². The molecule has 0 bridgehead atoms. The van der Waals surface area contributed by atoms with Crippen LogP contribution in [-0.2, 0) is 0 Å². The monoisotopic (exact) mass is 760 g/mol. The Hall–Kier alpha value is -8.08. The van der Waals surface area contributed by atoms with Crippen LogP contribution < -0.4 is 0 Å². The molecular formula is C56H32N4. The molecule has 0 radical (unpaired) electrons. The molecule has 0 N–H and O–H groups in total. The maximum absolute atomic E-state index is 2.55. The molecular weight excluding hydrogens is 729 g/mol. The molecule has 0 saturated carbocycles. The molecule has 0 amide bonds. The summed E-state index contributed by atoms with van der Waals surface area (Å²) in [5.74, 6) is 0. The fourth-order valence-electron chi connectivity index (χ4n) is 11.4. The maximum atomic E-state index is 2.55. The van der Waals surface area contributed by atoms with Gasteiger partial charge < -0.3 is 17.9 Å². The van der Waals surface area contributed by atoms with E-state index in [0.29, 0.717) is 0 Å². The van der Waals surface area contributed by atoms with Crippen molar-refractivity contribution in [3.8, 4) is 11.4 Å². The average molecular weight is 761 g/mol. The molecule has 0 atom stereocenters. The lowest BCUT2D eigenvalue weighted by Crippen LogP contribution is -1.96. The third-order valence-electron chi connectivity index (χ3n) is 13.6. The molecule has 10 aromatic carbocycles. The number of fused-ring (bicyclic) bond motifs is 20. The summed E-state index contributed by atoms with van der Waals surface area (Å²) in [5, 5.41) is 15.3. The normalized spacial score (nSPS) is 12.7. The van der Waals surface area contributed by atoms with Gasteiger partial charge in [0.15, 0.2) is 0 Å². The standard InChI is InChI=1S/C56H32N4/c1-3-13-33(14-4-1)57-45-21-9-7-17-35(45)39-27-25-37-41(53(39)57)29-31-47-51(37)43-19-11-23-49-55(43)59(47)50-24-12-20-44-52-38-26-28-40-36-18-8-10-22-46(36)58(34-15-5-2-6-16-34)54(40)42(38)30-32-48(52)60(49)56(44)50/h1-32H. The first-order valence-corrected chi connectivity index (χ1v) is 20.8. The van der Waals surface area contributed by atoms with Crippen molar-refractivity contribution in [1.29, 1.82) is 0 Å². The van der Waals surface area contributed by atoms with E-state index >= 15 is 0 Å². The Bertz CT molecular complexity index is 4050. The Morgan fingerprint density at radius 3 is 1.02 bits per heavy atom. The Balaban J connectivity index is 1.09. The molecule has 0 aliphatic heterocycles. The van der Waals surface area contributed by atoms with Gasteiger partial charge in [-0.1, -0.05) is 133 Å². The first kappa shape index (κ1) is 31.0. The van der Waals surface area contributed by atoms with Gasteiger partial charge in [0.25, 0.3) is 0 Å². The fraction of sp³-hybridized carbons (Fsp3) is 0. The zero-order chi connectivity index (χ0) is 38.8. The summed E-state index contributed by atoms with van der Waals surface area (Å²) in [4.78, 5) is 0. The largest absolute Gasteiger partial charge is 0.309 e. The van der Waals surface area contributed by atoms with Crippen molar-refractivity contribution in [1.82, 2.24) is 17.9 Å². The van der Waals surface area contributed by atoms with Crippen LogP contribution in [0.5, 0.6) is 0 Å². The highest BCUT2D eigenvalue weighted by Gasteiger charge is 2.25. The third-order valence-corrected chi connectivity index (χ3v) is 13.6. The van der Waals surface area contributed by atoms with Gasteiger partial charge in [0.05, 0.1) is 55.2 Å².